The minimum atomic E-state index is -1.07. The minimum absolute atomic E-state index is 0.171. The van der Waals surface area contributed by atoms with Gasteiger partial charge in [0, 0.05) is 25.1 Å². The number of carbonyl (C=O) groups is 1. The van der Waals surface area contributed by atoms with Gasteiger partial charge in [-0.25, -0.2) is 9.78 Å². The number of carboxylic acid groups (broad SMARTS) is 1. The van der Waals surface area contributed by atoms with Gasteiger partial charge in [0.05, 0.1) is 12.4 Å². The van der Waals surface area contributed by atoms with Crippen molar-refractivity contribution in [1.82, 2.24) is 25.3 Å². The maximum absolute atomic E-state index is 11.2. The number of amides is 1. The topological polar surface area (TPSA) is 111 Å². The summed E-state index contributed by atoms with van der Waals surface area (Å²) in [5, 5.41) is 20.0. The van der Waals surface area contributed by atoms with Crippen LogP contribution in [0.1, 0.15) is 43.2 Å². The number of aromatic nitrogens is 4. The first-order chi connectivity index (χ1) is 17.5. The van der Waals surface area contributed by atoms with E-state index < -0.39 is 11.8 Å². The van der Waals surface area contributed by atoms with E-state index in [9.17, 15) is 9.90 Å². The zero-order valence-corrected chi connectivity index (χ0v) is 19.9. The number of para-hydroxylation sites is 1. The normalized spacial score (nSPS) is 14.9. The van der Waals surface area contributed by atoms with Gasteiger partial charge in [0.15, 0.2) is 11.5 Å². The van der Waals surface area contributed by atoms with Gasteiger partial charge in [-0.3, -0.25) is 5.32 Å². The maximum Gasteiger partial charge on any atom is 0.407 e. The lowest BCUT2D eigenvalue weighted by Crippen LogP contribution is -2.57. The van der Waals surface area contributed by atoms with Gasteiger partial charge in [-0.2, -0.15) is 10.2 Å². The molecule has 9 nitrogen and oxygen atoms in total. The fourth-order valence-corrected chi connectivity index (χ4v) is 4.31. The molecule has 1 fully saturated rings. The lowest BCUT2D eigenvalue weighted by molar-refractivity contribution is -0.0328. The van der Waals surface area contributed by atoms with Crippen molar-refractivity contribution >= 4 is 6.09 Å². The molecule has 0 spiro atoms. The number of rotatable bonds is 9. The Balaban J connectivity index is 1.31. The maximum atomic E-state index is 11.2. The number of pyridine rings is 1. The van der Waals surface area contributed by atoms with E-state index in [4.69, 9.17) is 9.47 Å². The monoisotopic (exact) mass is 485 g/mol. The highest BCUT2D eigenvalue weighted by molar-refractivity contribution is 5.65. The third-order valence-corrected chi connectivity index (χ3v) is 6.30. The smallest absolute Gasteiger partial charge is 0.407 e. The molecule has 0 saturated heterocycles. The van der Waals surface area contributed by atoms with Gasteiger partial charge in [0.25, 0.3) is 0 Å². The van der Waals surface area contributed by atoms with Crippen molar-refractivity contribution in [2.24, 2.45) is 0 Å². The predicted molar refractivity (Wildman–Crippen MR) is 133 cm³/mol. The molecule has 0 radical (unpaired) electrons. The predicted octanol–water partition coefficient (Wildman–Crippen LogP) is 5.33. The Labute approximate surface area is 208 Å². The van der Waals surface area contributed by atoms with E-state index in [0.29, 0.717) is 30.2 Å². The highest BCUT2D eigenvalue weighted by atomic mass is 16.5. The van der Waals surface area contributed by atoms with Crippen molar-refractivity contribution in [2.45, 2.75) is 44.2 Å². The van der Waals surface area contributed by atoms with Crippen LogP contribution in [0.15, 0.2) is 79.3 Å². The molecule has 5 rings (SSSR count). The summed E-state index contributed by atoms with van der Waals surface area (Å²) in [7, 11) is 0. The van der Waals surface area contributed by atoms with Crippen LogP contribution in [0.5, 0.6) is 17.2 Å². The van der Waals surface area contributed by atoms with E-state index in [-0.39, 0.29) is 5.92 Å². The number of hydrogen-bond donors (Lipinski definition) is 2. The number of ether oxygens (including phenoxy) is 2. The fraction of sp³-hybridized carbons (Fsp3) is 0.259. The minimum Gasteiger partial charge on any atom is -0.468 e. The van der Waals surface area contributed by atoms with Crippen LogP contribution in [-0.4, -0.2) is 36.9 Å². The zero-order valence-electron chi connectivity index (χ0n) is 19.9. The van der Waals surface area contributed by atoms with E-state index >= 15 is 0 Å². The van der Waals surface area contributed by atoms with Crippen LogP contribution in [0.25, 0.3) is 5.82 Å². The Hall–Kier alpha value is -4.40. The molecule has 1 aliphatic rings. The van der Waals surface area contributed by atoms with Gasteiger partial charge in [-0.05, 0) is 54.2 Å². The summed E-state index contributed by atoms with van der Waals surface area (Å²) in [6.45, 7) is 2.15. The third-order valence-electron chi connectivity index (χ3n) is 6.30. The summed E-state index contributed by atoms with van der Waals surface area (Å²) in [6.07, 6.45) is 6.80. The largest absolute Gasteiger partial charge is 0.468 e. The molecule has 9 heteroatoms. The Bertz CT molecular complexity index is 1340. The van der Waals surface area contributed by atoms with Crippen molar-refractivity contribution in [1.29, 1.82) is 0 Å². The first-order valence-electron chi connectivity index (χ1n) is 11.9. The second kappa shape index (κ2) is 10.1. The quantitative estimate of drug-likeness (QED) is 0.308. The Morgan fingerprint density at radius 1 is 1.06 bits per heavy atom. The standard InChI is InChI=1S/C27H27N5O4/c1-19(20-7-4-8-23(17-20)36-27(11-5-12-27)31-26(33)34)16-21-6-2-3-9-24(21)35-22-10-13-28-25(18-22)32-29-14-15-30-32/h2-4,6-10,13-15,17-19,31H,5,11-12,16H2,1H3,(H,33,34). The van der Waals surface area contributed by atoms with Crippen LogP contribution >= 0.6 is 0 Å². The summed E-state index contributed by atoms with van der Waals surface area (Å²) in [5.41, 5.74) is 1.33. The first-order valence-corrected chi connectivity index (χ1v) is 11.9. The van der Waals surface area contributed by atoms with E-state index in [1.54, 1.807) is 30.7 Å². The Kier molecular flexibility index (Phi) is 6.53. The van der Waals surface area contributed by atoms with E-state index in [1.807, 2.05) is 36.4 Å². The molecule has 0 aliphatic heterocycles. The van der Waals surface area contributed by atoms with Gasteiger partial charge in [0.2, 0.25) is 0 Å². The van der Waals surface area contributed by atoms with E-state index in [0.717, 1.165) is 29.7 Å². The zero-order chi connectivity index (χ0) is 25.0. The van der Waals surface area contributed by atoms with Gasteiger partial charge in [-0.1, -0.05) is 37.3 Å². The number of benzene rings is 2. The third kappa shape index (κ3) is 5.30. The summed E-state index contributed by atoms with van der Waals surface area (Å²) in [4.78, 5) is 16.9. The molecule has 1 amide bonds. The van der Waals surface area contributed by atoms with Crippen LogP contribution in [0, 0.1) is 0 Å². The molecule has 1 unspecified atom stereocenters. The molecule has 36 heavy (non-hydrogen) atoms. The molecule has 2 aromatic carbocycles. The van der Waals surface area contributed by atoms with Crippen LogP contribution in [-0.2, 0) is 6.42 Å². The lowest BCUT2D eigenvalue weighted by atomic mass is 9.88. The van der Waals surface area contributed by atoms with Gasteiger partial charge >= 0.3 is 6.09 Å². The molecule has 2 heterocycles. The SMILES string of the molecule is CC(Cc1ccccc1Oc1ccnc(-n2nccn2)c1)c1cccc(OC2(NC(=O)O)CCC2)c1. The van der Waals surface area contributed by atoms with E-state index in [2.05, 4.69) is 39.6 Å². The van der Waals surface area contributed by atoms with Crippen molar-refractivity contribution in [3.8, 4) is 23.1 Å². The number of nitrogens with one attached hydrogen (secondary N) is 1. The summed E-state index contributed by atoms with van der Waals surface area (Å²) >= 11 is 0. The number of hydrogen-bond acceptors (Lipinski definition) is 6. The van der Waals surface area contributed by atoms with Crippen molar-refractivity contribution < 1.29 is 19.4 Å². The number of nitrogens with zero attached hydrogens (tertiary/aromatic N) is 4. The Morgan fingerprint density at radius 2 is 1.86 bits per heavy atom. The second-order valence-electron chi connectivity index (χ2n) is 8.94. The van der Waals surface area contributed by atoms with E-state index in [1.165, 1.54) is 4.80 Å². The first kappa shape index (κ1) is 23.3. The molecular formula is C27H27N5O4. The molecule has 4 aromatic rings. The van der Waals surface area contributed by atoms with Crippen LogP contribution in [0.3, 0.4) is 0 Å². The molecule has 184 valence electrons. The second-order valence-corrected chi connectivity index (χ2v) is 8.94. The van der Waals surface area contributed by atoms with Crippen molar-refractivity contribution in [2.75, 3.05) is 0 Å². The van der Waals surface area contributed by atoms with Crippen molar-refractivity contribution in [3.05, 3.63) is 90.4 Å². The average Bonchev–Trinajstić information content (AvgIpc) is 3.39. The molecule has 1 atom stereocenters. The van der Waals surface area contributed by atoms with Gasteiger partial charge in [-0.15, -0.1) is 4.80 Å². The van der Waals surface area contributed by atoms with Gasteiger partial charge in [0.1, 0.15) is 17.2 Å². The van der Waals surface area contributed by atoms with Crippen molar-refractivity contribution in [3.63, 3.8) is 0 Å². The molecule has 1 aliphatic carbocycles. The summed E-state index contributed by atoms with van der Waals surface area (Å²) < 4.78 is 12.3. The van der Waals surface area contributed by atoms with Crippen LogP contribution in [0.2, 0.25) is 0 Å². The fourth-order valence-electron chi connectivity index (χ4n) is 4.31. The highest BCUT2D eigenvalue weighted by Crippen LogP contribution is 2.36. The molecule has 2 aromatic heterocycles. The molecular weight excluding hydrogens is 458 g/mol. The van der Waals surface area contributed by atoms with Crippen LogP contribution < -0.4 is 14.8 Å². The lowest BCUT2D eigenvalue weighted by Gasteiger charge is -2.41. The molecule has 2 N–H and O–H groups in total. The molecule has 0 bridgehead atoms. The average molecular weight is 486 g/mol. The highest BCUT2D eigenvalue weighted by Gasteiger charge is 2.41. The summed E-state index contributed by atoms with van der Waals surface area (Å²) in [5.74, 6) is 2.81. The van der Waals surface area contributed by atoms with Gasteiger partial charge < -0.3 is 14.6 Å². The Morgan fingerprint density at radius 3 is 2.61 bits per heavy atom. The molecule has 1 saturated carbocycles. The summed E-state index contributed by atoms with van der Waals surface area (Å²) in [6, 6.07) is 19.4. The van der Waals surface area contributed by atoms with Crippen LogP contribution in [0.4, 0.5) is 4.79 Å².